The predicted octanol–water partition coefficient (Wildman–Crippen LogP) is 2.99. The molecule has 3 heteroatoms. The maximum Gasteiger partial charge on any atom is 0.118 e. The normalized spacial score (nSPS) is 10.7. The molecule has 0 amide bonds. The molecule has 1 aromatic heterocycles. The molecule has 0 spiro atoms. The lowest BCUT2D eigenvalue weighted by molar-refractivity contribution is 0.482. The Morgan fingerprint density at radius 3 is 2.56 bits per heavy atom. The fraction of sp³-hybridized carbons (Fsp3) is 0.333. The van der Waals surface area contributed by atoms with Crippen LogP contribution in [0.1, 0.15) is 22.6 Å². The summed E-state index contributed by atoms with van der Waals surface area (Å²) in [4.78, 5) is 2.23. The Balaban J connectivity index is 2.18. The minimum atomic E-state index is 0.453. The standard InChI is InChI=1S/C15H20N2O/c1-11-6-4-5-7-15(11)17(3)10-13-8-14(9-16)18-12(13)2/h4-8H,9-10,16H2,1-3H3. The fourth-order valence-electron chi connectivity index (χ4n) is 2.18. The maximum absolute atomic E-state index is 5.59. The Kier molecular flexibility index (Phi) is 3.72. The van der Waals surface area contributed by atoms with Gasteiger partial charge in [0.1, 0.15) is 11.5 Å². The molecule has 2 rings (SSSR count). The topological polar surface area (TPSA) is 42.4 Å². The Morgan fingerprint density at radius 1 is 1.22 bits per heavy atom. The summed E-state index contributed by atoms with van der Waals surface area (Å²) in [6.07, 6.45) is 0. The Labute approximate surface area is 108 Å². The van der Waals surface area contributed by atoms with Crippen molar-refractivity contribution in [3.63, 3.8) is 0 Å². The van der Waals surface area contributed by atoms with Gasteiger partial charge in [0.25, 0.3) is 0 Å². The second-order valence-electron chi connectivity index (χ2n) is 4.64. The summed E-state index contributed by atoms with van der Waals surface area (Å²) >= 11 is 0. The molecule has 0 saturated carbocycles. The fourth-order valence-corrected chi connectivity index (χ4v) is 2.18. The van der Waals surface area contributed by atoms with Gasteiger partial charge in [-0.3, -0.25) is 0 Å². The average Bonchev–Trinajstić information content (AvgIpc) is 2.70. The highest BCUT2D eigenvalue weighted by molar-refractivity contribution is 5.52. The second-order valence-corrected chi connectivity index (χ2v) is 4.64. The lowest BCUT2D eigenvalue weighted by Gasteiger charge is -2.21. The van der Waals surface area contributed by atoms with E-state index in [0.29, 0.717) is 6.54 Å². The monoisotopic (exact) mass is 244 g/mol. The third kappa shape index (κ3) is 2.57. The van der Waals surface area contributed by atoms with Crippen LogP contribution < -0.4 is 10.6 Å². The minimum absolute atomic E-state index is 0.453. The van der Waals surface area contributed by atoms with Crippen molar-refractivity contribution in [2.45, 2.75) is 26.9 Å². The zero-order chi connectivity index (χ0) is 13.1. The molecule has 3 nitrogen and oxygen atoms in total. The van der Waals surface area contributed by atoms with Crippen LogP contribution in [0.15, 0.2) is 34.7 Å². The SMILES string of the molecule is Cc1ccccc1N(C)Cc1cc(CN)oc1C. The van der Waals surface area contributed by atoms with Gasteiger partial charge < -0.3 is 15.1 Å². The first kappa shape index (κ1) is 12.7. The zero-order valence-electron chi connectivity index (χ0n) is 11.2. The first-order valence-electron chi connectivity index (χ1n) is 6.17. The molecule has 0 atom stereocenters. The van der Waals surface area contributed by atoms with Crippen molar-refractivity contribution in [1.82, 2.24) is 0 Å². The Morgan fingerprint density at radius 2 is 1.94 bits per heavy atom. The van der Waals surface area contributed by atoms with Gasteiger partial charge in [0.15, 0.2) is 0 Å². The van der Waals surface area contributed by atoms with E-state index in [1.807, 2.05) is 13.0 Å². The molecule has 0 saturated heterocycles. The largest absolute Gasteiger partial charge is 0.465 e. The number of hydrogen-bond acceptors (Lipinski definition) is 3. The maximum atomic E-state index is 5.59. The molecule has 0 fully saturated rings. The molecular formula is C15H20N2O. The van der Waals surface area contributed by atoms with Crippen molar-refractivity contribution in [3.8, 4) is 0 Å². The third-order valence-corrected chi connectivity index (χ3v) is 3.21. The highest BCUT2D eigenvalue weighted by Gasteiger charge is 2.10. The first-order chi connectivity index (χ1) is 8.61. The van der Waals surface area contributed by atoms with E-state index in [4.69, 9.17) is 10.2 Å². The number of hydrogen-bond donors (Lipinski definition) is 1. The van der Waals surface area contributed by atoms with Crippen molar-refractivity contribution in [3.05, 3.63) is 53.0 Å². The van der Waals surface area contributed by atoms with Gasteiger partial charge >= 0.3 is 0 Å². The van der Waals surface area contributed by atoms with Gasteiger partial charge in [-0.05, 0) is 31.5 Å². The van der Waals surface area contributed by atoms with E-state index in [1.54, 1.807) is 0 Å². The van der Waals surface area contributed by atoms with Crippen molar-refractivity contribution >= 4 is 5.69 Å². The summed E-state index contributed by atoms with van der Waals surface area (Å²) in [5.74, 6) is 1.80. The van der Waals surface area contributed by atoms with Gasteiger partial charge in [-0.25, -0.2) is 0 Å². The summed E-state index contributed by atoms with van der Waals surface area (Å²) in [6.45, 7) is 5.40. The van der Waals surface area contributed by atoms with Crippen LogP contribution in [0.4, 0.5) is 5.69 Å². The van der Waals surface area contributed by atoms with Crippen LogP contribution in [0.2, 0.25) is 0 Å². The van der Waals surface area contributed by atoms with E-state index < -0.39 is 0 Å². The molecule has 18 heavy (non-hydrogen) atoms. The third-order valence-electron chi connectivity index (χ3n) is 3.21. The highest BCUT2D eigenvalue weighted by atomic mass is 16.3. The lowest BCUT2D eigenvalue weighted by atomic mass is 10.1. The van der Waals surface area contributed by atoms with Crippen LogP contribution in [0.3, 0.4) is 0 Å². The molecule has 0 aliphatic carbocycles. The number of nitrogens with two attached hydrogens (primary N) is 1. The zero-order valence-corrected chi connectivity index (χ0v) is 11.2. The van der Waals surface area contributed by atoms with Gasteiger partial charge in [0.2, 0.25) is 0 Å². The van der Waals surface area contributed by atoms with Crippen molar-refractivity contribution < 1.29 is 4.42 Å². The van der Waals surface area contributed by atoms with Crippen molar-refractivity contribution in [2.24, 2.45) is 5.73 Å². The number of para-hydroxylation sites is 1. The van der Waals surface area contributed by atoms with Crippen molar-refractivity contribution in [2.75, 3.05) is 11.9 Å². The lowest BCUT2D eigenvalue weighted by Crippen LogP contribution is -2.17. The molecule has 2 aromatic rings. The molecule has 0 aliphatic heterocycles. The molecule has 0 aliphatic rings. The molecule has 0 radical (unpaired) electrons. The van der Waals surface area contributed by atoms with E-state index in [1.165, 1.54) is 16.8 Å². The van der Waals surface area contributed by atoms with Crippen LogP contribution in [-0.2, 0) is 13.1 Å². The molecule has 0 unspecified atom stereocenters. The van der Waals surface area contributed by atoms with E-state index in [0.717, 1.165) is 18.1 Å². The van der Waals surface area contributed by atoms with Gasteiger partial charge in [-0.15, -0.1) is 0 Å². The quantitative estimate of drug-likeness (QED) is 0.899. The number of anilines is 1. The van der Waals surface area contributed by atoms with Crippen LogP contribution in [0, 0.1) is 13.8 Å². The smallest absolute Gasteiger partial charge is 0.118 e. The van der Waals surface area contributed by atoms with E-state index >= 15 is 0 Å². The van der Waals surface area contributed by atoms with Crippen LogP contribution in [-0.4, -0.2) is 7.05 Å². The Bertz CT molecular complexity index is 531. The van der Waals surface area contributed by atoms with Gasteiger partial charge in [-0.1, -0.05) is 18.2 Å². The summed E-state index contributed by atoms with van der Waals surface area (Å²) in [5, 5.41) is 0. The number of benzene rings is 1. The molecule has 0 bridgehead atoms. The van der Waals surface area contributed by atoms with Crippen LogP contribution >= 0.6 is 0 Å². The number of rotatable bonds is 4. The Hall–Kier alpha value is -1.74. The molecule has 1 heterocycles. The summed E-state index contributed by atoms with van der Waals surface area (Å²) in [5.41, 5.74) is 9.31. The van der Waals surface area contributed by atoms with Gasteiger partial charge in [0, 0.05) is 24.8 Å². The number of aryl methyl sites for hydroxylation is 2. The molecule has 96 valence electrons. The van der Waals surface area contributed by atoms with Gasteiger partial charge in [0.05, 0.1) is 6.54 Å². The summed E-state index contributed by atoms with van der Waals surface area (Å²) < 4.78 is 5.58. The van der Waals surface area contributed by atoms with E-state index in [9.17, 15) is 0 Å². The molecule has 2 N–H and O–H groups in total. The number of furan rings is 1. The summed E-state index contributed by atoms with van der Waals surface area (Å²) in [7, 11) is 2.09. The van der Waals surface area contributed by atoms with E-state index in [-0.39, 0.29) is 0 Å². The molecular weight excluding hydrogens is 224 g/mol. The van der Waals surface area contributed by atoms with Crippen molar-refractivity contribution in [1.29, 1.82) is 0 Å². The van der Waals surface area contributed by atoms with Gasteiger partial charge in [-0.2, -0.15) is 0 Å². The van der Waals surface area contributed by atoms with Crippen LogP contribution in [0.25, 0.3) is 0 Å². The number of nitrogens with zero attached hydrogens (tertiary/aromatic N) is 1. The molecule has 1 aromatic carbocycles. The highest BCUT2D eigenvalue weighted by Crippen LogP contribution is 2.22. The van der Waals surface area contributed by atoms with E-state index in [2.05, 4.69) is 43.1 Å². The summed E-state index contributed by atoms with van der Waals surface area (Å²) in [6, 6.07) is 10.4. The second kappa shape index (κ2) is 5.27. The predicted molar refractivity (Wildman–Crippen MR) is 74.6 cm³/mol. The average molecular weight is 244 g/mol. The first-order valence-corrected chi connectivity index (χ1v) is 6.17. The minimum Gasteiger partial charge on any atom is -0.465 e. The van der Waals surface area contributed by atoms with Crippen LogP contribution in [0.5, 0.6) is 0 Å².